The molecule has 0 aliphatic carbocycles. The Morgan fingerprint density at radius 3 is 2.16 bits per heavy atom. The van der Waals surface area contributed by atoms with Gasteiger partial charge in [0.25, 0.3) is 0 Å². The van der Waals surface area contributed by atoms with Crippen LogP contribution in [-0.4, -0.2) is 56.8 Å². The van der Waals surface area contributed by atoms with E-state index in [0.29, 0.717) is 32.5 Å². The third-order valence-electron chi connectivity index (χ3n) is 2.71. The molecule has 112 valence electrons. The van der Waals surface area contributed by atoms with Gasteiger partial charge in [-0.15, -0.1) is 0 Å². The van der Waals surface area contributed by atoms with E-state index in [0.717, 1.165) is 6.26 Å². The van der Waals surface area contributed by atoms with E-state index in [2.05, 4.69) is 5.32 Å². The largest absolute Gasteiger partial charge is 0.356 e. The second kappa shape index (κ2) is 8.90. The van der Waals surface area contributed by atoms with Crippen LogP contribution in [0.3, 0.4) is 0 Å². The Morgan fingerprint density at radius 1 is 1.11 bits per heavy atom. The van der Waals surface area contributed by atoms with Gasteiger partial charge in [0.2, 0.25) is 11.8 Å². The first-order valence-corrected chi connectivity index (χ1v) is 8.58. The first-order valence-electron chi connectivity index (χ1n) is 6.52. The fraction of sp³-hybridized carbons (Fsp3) is 0.833. The van der Waals surface area contributed by atoms with Gasteiger partial charge in [-0.1, -0.05) is 0 Å². The Balaban J connectivity index is 3.75. The number of amides is 2. The summed E-state index contributed by atoms with van der Waals surface area (Å²) in [6.07, 6.45) is 2.04. The zero-order valence-electron chi connectivity index (χ0n) is 11.9. The maximum atomic E-state index is 11.6. The zero-order chi connectivity index (χ0) is 14.9. The van der Waals surface area contributed by atoms with Gasteiger partial charge in [0.05, 0.1) is 5.75 Å². The van der Waals surface area contributed by atoms with Crippen molar-refractivity contribution < 1.29 is 18.0 Å². The highest BCUT2D eigenvalue weighted by Gasteiger charge is 2.10. The van der Waals surface area contributed by atoms with Gasteiger partial charge < -0.3 is 10.2 Å². The topological polar surface area (TPSA) is 83.6 Å². The van der Waals surface area contributed by atoms with Gasteiger partial charge in [0, 0.05) is 38.7 Å². The number of hydrogen-bond acceptors (Lipinski definition) is 4. The molecule has 0 aliphatic rings. The average Bonchev–Trinajstić information content (AvgIpc) is 2.33. The Hall–Kier alpha value is -1.11. The maximum absolute atomic E-state index is 11.6. The molecule has 0 radical (unpaired) electrons. The highest BCUT2D eigenvalue weighted by atomic mass is 32.2. The van der Waals surface area contributed by atoms with Crippen molar-refractivity contribution in [1.29, 1.82) is 0 Å². The quantitative estimate of drug-likeness (QED) is 0.615. The molecule has 0 spiro atoms. The van der Waals surface area contributed by atoms with E-state index in [-0.39, 0.29) is 24.0 Å². The molecule has 0 bridgehead atoms. The lowest BCUT2D eigenvalue weighted by Gasteiger charge is -2.18. The van der Waals surface area contributed by atoms with E-state index >= 15 is 0 Å². The highest BCUT2D eigenvalue weighted by Crippen LogP contribution is 1.97. The summed E-state index contributed by atoms with van der Waals surface area (Å²) in [5.41, 5.74) is 0. The molecule has 0 aliphatic heterocycles. The molecule has 19 heavy (non-hydrogen) atoms. The fourth-order valence-electron chi connectivity index (χ4n) is 1.57. The average molecular weight is 292 g/mol. The van der Waals surface area contributed by atoms with Crippen molar-refractivity contribution in [3.05, 3.63) is 0 Å². The van der Waals surface area contributed by atoms with Crippen LogP contribution in [0.5, 0.6) is 0 Å². The lowest BCUT2D eigenvalue weighted by molar-refractivity contribution is -0.131. The molecule has 0 unspecified atom stereocenters. The molecule has 0 heterocycles. The van der Waals surface area contributed by atoms with Gasteiger partial charge in [0.1, 0.15) is 9.84 Å². The minimum Gasteiger partial charge on any atom is -0.356 e. The van der Waals surface area contributed by atoms with Crippen LogP contribution in [0.15, 0.2) is 0 Å². The molecule has 0 saturated heterocycles. The predicted octanol–water partition coefficient (Wildman–Crippen LogP) is 0.186. The van der Waals surface area contributed by atoms with Crippen molar-refractivity contribution in [2.45, 2.75) is 33.1 Å². The number of rotatable bonds is 9. The first-order chi connectivity index (χ1) is 8.80. The first kappa shape index (κ1) is 17.9. The van der Waals surface area contributed by atoms with Crippen molar-refractivity contribution in [2.75, 3.05) is 31.6 Å². The third kappa shape index (κ3) is 9.47. The molecule has 2 amide bonds. The van der Waals surface area contributed by atoms with Crippen LogP contribution < -0.4 is 5.32 Å². The summed E-state index contributed by atoms with van der Waals surface area (Å²) in [6, 6.07) is 0. The van der Waals surface area contributed by atoms with Gasteiger partial charge >= 0.3 is 0 Å². The van der Waals surface area contributed by atoms with Gasteiger partial charge in [-0.2, -0.15) is 0 Å². The van der Waals surface area contributed by atoms with Gasteiger partial charge in [-0.3, -0.25) is 9.59 Å². The van der Waals surface area contributed by atoms with Crippen molar-refractivity contribution in [3.63, 3.8) is 0 Å². The molecule has 0 rings (SSSR count). The standard InChI is InChI=1S/C12H24N2O4S/c1-4-14(5-2)12(16)7-6-9-13-11(15)8-10-19(3,17)18/h4-10H2,1-3H3,(H,13,15). The SMILES string of the molecule is CCN(CC)C(=O)CCCNC(=O)CCS(C)(=O)=O. The molecule has 1 N–H and O–H groups in total. The summed E-state index contributed by atoms with van der Waals surface area (Å²) in [7, 11) is -3.10. The molecule has 7 heteroatoms. The van der Waals surface area contributed by atoms with Crippen LogP contribution in [0.25, 0.3) is 0 Å². The monoisotopic (exact) mass is 292 g/mol. The summed E-state index contributed by atoms with van der Waals surface area (Å²) in [5, 5.41) is 2.61. The fourth-order valence-corrected chi connectivity index (χ4v) is 2.12. The summed E-state index contributed by atoms with van der Waals surface area (Å²) in [6.45, 7) is 5.63. The number of carbonyl (C=O) groups excluding carboxylic acids is 2. The molecule has 0 aromatic rings. The van der Waals surface area contributed by atoms with Crippen molar-refractivity contribution in [3.8, 4) is 0 Å². The van der Waals surface area contributed by atoms with Crippen LogP contribution >= 0.6 is 0 Å². The lowest BCUT2D eigenvalue weighted by Crippen LogP contribution is -2.31. The minimum absolute atomic E-state index is 0.0250. The Kier molecular flexibility index (Phi) is 8.38. The van der Waals surface area contributed by atoms with Crippen LogP contribution in [0.2, 0.25) is 0 Å². The normalized spacial score (nSPS) is 11.1. The molecule has 0 aromatic heterocycles. The van der Waals surface area contributed by atoms with E-state index in [1.807, 2.05) is 13.8 Å². The number of sulfone groups is 1. The Bertz CT molecular complexity index is 389. The second-order valence-corrected chi connectivity index (χ2v) is 6.66. The maximum Gasteiger partial charge on any atom is 0.222 e. The third-order valence-corrected chi connectivity index (χ3v) is 3.65. The lowest BCUT2D eigenvalue weighted by atomic mass is 10.2. The summed E-state index contributed by atoms with van der Waals surface area (Å²) in [4.78, 5) is 24.7. The molecule has 0 fully saturated rings. The summed E-state index contributed by atoms with van der Waals surface area (Å²) >= 11 is 0. The van der Waals surface area contributed by atoms with E-state index in [4.69, 9.17) is 0 Å². The van der Waals surface area contributed by atoms with Crippen molar-refractivity contribution in [2.24, 2.45) is 0 Å². The highest BCUT2D eigenvalue weighted by molar-refractivity contribution is 7.90. The van der Waals surface area contributed by atoms with Crippen LogP contribution in [0.4, 0.5) is 0 Å². The van der Waals surface area contributed by atoms with E-state index < -0.39 is 9.84 Å². The smallest absolute Gasteiger partial charge is 0.222 e. The molecule has 0 aromatic carbocycles. The number of hydrogen-bond donors (Lipinski definition) is 1. The molecule has 6 nitrogen and oxygen atoms in total. The number of nitrogens with zero attached hydrogens (tertiary/aromatic N) is 1. The predicted molar refractivity (Wildman–Crippen MR) is 74.5 cm³/mol. The number of carbonyl (C=O) groups is 2. The van der Waals surface area contributed by atoms with E-state index in [1.54, 1.807) is 4.90 Å². The van der Waals surface area contributed by atoms with Gasteiger partial charge in [0.15, 0.2) is 0 Å². The van der Waals surface area contributed by atoms with Crippen molar-refractivity contribution >= 4 is 21.7 Å². The Morgan fingerprint density at radius 2 is 1.68 bits per heavy atom. The zero-order valence-corrected chi connectivity index (χ0v) is 12.8. The molecule has 0 atom stereocenters. The molecular weight excluding hydrogens is 268 g/mol. The van der Waals surface area contributed by atoms with E-state index in [1.165, 1.54) is 0 Å². The van der Waals surface area contributed by atoms with E-state index in [9.17, 15) is 18.0 Å². The summed E-state index contributed by atoms with van der Waals surface area (Å²) < 4.78 is 21.7. The minimum atomic E-state index is -3.10. The van der Waals surface area contributed by atoms with Gasteiger partial charge in [-0.05, 0) is 20.3 Å². The van der Waals surface area contributed by atoms with Crippen LogP contribution in [-0.2, 0) is 19.4 Å². The summed E-state index contributed by atoms with van der Waals surface area (Å²) in [5.74, 6) is -0.354. The second-order valence-electron chi connectivity index (χ2n) is 4.40. The number of nitrogens with one attached hydrogen (secondary N) is 1. The molecule has 0 saturated carbocycles. The molecular formula is C12H24N2O4S. The van der Waals surface area contributed by atoms with Crippen LogP contribution in [0.1, 0.15) is 33.1 Å². The Labute approximate surface area is 115 Å². The van der Waals surface area contributed by atoms with Crippen molar-refractivity contribution in [1.82, 2.24) is 10.2 Å². The van der Waals surface area contributed by atoms with Gasteiger partial charge in [-0.25, -0.2) is 8.42 Å². The van der Waals surface area contributed by atoms with Crippen LogP contribution in [0, 0.1) is 0 Å².